The Morgan fingerprint density at radius 2 is 2.08 bits per heavy atom. The van der Waals surface area contributed by atoms with Crippen molar-refractivity contribution in [3.63, 3.8) is 0 Å². The summed E-state index contributed by atoms with van der Waals surface area (Å²) in [6, 6.07) is 0.511. The molecule has 1 rings (SSSR count). The predicted octanol–water partition coefficient (Wildman–Crippen LogP) is 1.49. The van der Waals surface area contributed by atoms with Gasteiger partial charge in [0, 0.05) is 19.1 Å². The van der Waals surface area contributed by atoms with E-state index in [2.05, 4.69) is 4.90 Å². The van der Waals surface area contributed by atoms with E-state index >= 15 is 0 Å². The van der Waals surface area contributed by atoms with Crippen molar-refractivity contribution in [3.05, 3.63) is 0 Å². The predicted molar refractivity (Wildman–Crippen MR) is 56.6 cm³/mol. The summed E-state index contributed by atoms with van der Waals surface area (Å²) in [6.45, 7) is 0.741. The third-order valence-corrected chi connectivity index (χ3v) is 2.70. The average Bonchev–Trinajstić information content (AvgIpc) is 2.54. The zero-order valence-corrected chi connectivity index (χ0v) is 8.65. The van der Waals surface area contributed by atoms with Crippen LogP contribution < -0.4 is 5.73 Å². The first-order chi connectivity index (χ1) is 6.24. The first-order valence-corrected chi connectivity index (χ1v) is 5.23. The van der Waals surface area contributed by atoms with Gasteiger partial charge in [-0.25, -0.2) is 4.39 Å². The molecule has 4 heteroatoms. The lowest BCUT2D eigenvalue weighted by Gasteiger charge is -2.26. The molecule has 0 aromatic rings. The minimum absolute atomic E-state index is 0.306. The highest BCUT2D eigenvalue weighted by molar-refractivity contribution is 7.80. The normalized spacial score (nSPS) is 18.3. The van der Waals surface area contributed by atoms with Gasteiger partial charge in [0.2, 0.25) is 0 Å². The van der Waals surface area contributed by atoms with Gasteiger partial charge in [-0.3, -0.25) is 4.90 Å². The molecule has 13 heavy (non-hydrogen) atoms. The molecule has 0 radical (unpaired) electrons. The second-order valence-electron chi connectivity index (χ2n) is 3.56. The van der Waals surface area contributed by atoms with Crippen molar-refractivity contribution >= 4 is 17.2 Å². The standard InChI is InChI=1S/C9H17FN2S/c10-5-6-12(7-9(11)13)8-3-1-2-4-8/h8H,1-7H2,(H2,11,13). The van der Waals surface area contributed by atoms with Crippen molar-refractivity contribution in [1.29, 1.82) is 0 Å². The smallest absolute Gasteiger partial charge is 0.102 e. The molecule has 0 spiro atoms. The average molecular weight is 204 g/mol. The second-order valence-corrected chi connectivity index (χ2v) is 4.09. The quantitative estimate of drug-likeness (QED) is 0.688. The molecule has 0 aliphatic heterocycles. The fourth-order valence-electron chi connectivity index (χ4n) is 1.97. The van der Waals surface area contributed by atoms with Crippen LogP contribution in [0.4, 0.5) is 4.39 Å². The van der Waals surface area contributed by atoms with E-state index in [1.165, 1.54) is 25.7 Å². The van der Waals surface area contributed by atoms with Crippen molar-refractivity contribution in [2.45, 2.75) is 31.7 Å². The summed E-state index contributed by atoms with van der Waals surface area (Å²) in [6.07, 6.45) is 4.85. The van der Waals surface area contributed by atoms with Crippen molar-refractivity contribution in [2.24, 2.45) is 5.73 Å². The highest BCUT2D eigenvalue weighted by Crippen LogP contribution is 2.22. The van der Waals surface area contributed by atoms with E-state index in [1.54, 1.807) is 0 Å². The minimum Gasteiger partial charge on any atom is -0.392 e. The first kappa shape index (κ1) is 10.9. The number of nitrogens with two attached hydrogens (primary N) is 1. The molecule has 0 amide bonds. The molecule has 0 aromatic heterocycles. The van der Waals surface area contributed by atoms with Gasteiger partial charge in [0.05, 0.1) is 4.99 Å². The van der Waals surface area contributed by atoms with Crippen LogP contribution in [0.5, 0.6) is 0 Å². The molecule has 0 bridgehead atoms. The molecule has 76 valence electrons. The van der Waals surface area contributed by atoms with Crippen molar-refractivity contribution in [1.82, 2.24) is 4.90 Å². The van der Waals surface area contributed by atoms with E-state index in [0.29, 0.717) is 24.1 Å². The largest absolute Gasteiger partial charge is 0.392 e. The number of nitrogens with zero attached hydrogens (tertiary/aromatic N) is 1. The maximum absolute atomic E-state index is 12.2. The van der Waals surface area contributed by atoms with Crippen LogP contribution >= 0.6 is 12.2 Å². The maximum atomic E-state index is 12.2. The Hall–Kier alpha value is -0.220. The summed E-state index contributed by atoms with van der Waals surface area (Å²) in [7, 11) is 0. The lowest BCUT2D eigenvalue weighted by atomic mass is 10.2. The molecule has 0 heterocycles. The van der Waals surface area contributed by atoms with Crippen LogP contribution in [0.2, 0.25) is 0 Å². The summed E-state index contributed by atoms with van der Waals surface area (Å²) in [5, 5.41) is 0. The van der Waals surface area contributed by atoms with Crippen LogP contribution in [0.15, 0.2) is 0 Å². The third kappa shape index (κ3) is 3.56. The molecule has 2 nitrogen and oxygen atoms in total. The Bertz CT molecular complexity index is 169. The summed E-state index contributed by atoms with van der Waals surface area (Å²) in [5.74, 6) is 0. The van der Waals surface area contributed by atoms with Crippen LogP contribution in [0.3, 0.4) is 0 Å². The molecular weight excluding hydrogens is 187 g/mol. The van der Waals surface area contributed by atoms with Gasteiger partial charge in [0.1, 0.15) is 6.67 Å². The van der Waals surface area contributed by atoms with Gasteiger partial charge < -0.3 is 5.73 Å². The number of hydrogen-bond acceptors (Lipinski definition) is 2. The van der Waals surface area contributed by atoms with Gasteiger partial charge in [-0.15, -0.1) is 0 Å². The molecule has 0 unspecified atom stereocenters. The molecular formula is C9H17FN2S. The van der Waals surface area contributed by atoms with Gasteiger partial charge in [0.15, 0.2) is 0 Å². The number of halogens is 1. The number of thiocarbonyl (C=S) groups is 1. The summed E-state index contributed by atoms with van der Waals surface area (Å²) >= 11 is 4.84. The Labute approximate surface area is 84.3 Å². The van der Waals surface area contributed by atoms with Crippen LogP contribution in [-0.2, 0) is 0 Å². The number of alkyl halides is 1. The van der Waals surface area contributed by atoms with Crippen LogP contribution in [-0.4, -0.2) is 35.7 Å². The molecule has 2 N–H and O–H groups in total. The van der Waals surface area contributed by atoms with Gasteiger partial charge in [-0.2, -0.15) is 0 Å². The Morgan fingerprint density at radius 3 is 2.54 bits per heavy atom. The fraction of sp³-hybridized carbons (Fsp3) is 0.889. The third-order valence-electron chi connectivity index (χ3n) is 2.57. The van der Waals surface area contributed by atoms with Crippen molar-refractivity contribution < 1.29 is 4.39 Å². The Morgan fingerprint density at radius 1 is 1.46 bits per heavy atom. The number of hydrogen-bond donors (Lipinski definition) is 1. The first-order valence-electron chi connectivity index (χ1n) is 4.82. The molecule has 1 aliphatic rings. The summed E-state index contributed by atoms with van der Waals surface area (Å²) < 4.78 is 12.2. The molecule has 1 saturated carbocycles. The highest BCUT2D eigenvalue weighted by Gasteiger charge is 2.22. The van der Waals surface area contributed by atoms with E-state index in [1.807, 2.05) is 0 Å². The van der Waals surface area contributed by atoms with E-state index < -0.39 is 0 Å². The van der Waals surface area contributed by atoms with Crippen molar-refractivity contribution in [3.8, 4) is 0 Å². The highest BCUT2D eigenvalue weighted by atomic mass is 32.1. The Balaban J connectivity index is 2.39. The zero-order chi connectivity index (χ0) is 9.68. The molecule has 1 fully saturated rings. The van der Waals surface area contributed by atoms with Crippen LogP contribution in [0, 0.1) is 0 Å². The minimum atomic E-state index is -0.306. The van der Waals surface area contributed by atoms with E-state index in [9.17, 15) is 4.39 Å². The number of rotatable bonds is 5. The lowest BCUT2D eigenvalue weighted by Crippen LogP contribution is -2.40. The second kappa shape index (κ2) is 5.50. The SMILES string of the molecule is NC(=S)CN(CCF)C1CCCC1. The van der Waals surface area contributed by atoms with Gasteiger partial charge in [0.25, 0.3) is 0 Å². The van der Waals surface area contributed by atoms with Gasteiger partial charge in [-0.1, -0.05) is 25.1 Å². The topological polar surface area (TPSA) is 29.3 Å². The molecule has 0 aromatic carbocycles. The van der Waals surface area contributed by atoms with Crippen molar-refractivity contribution in [2.75, 3.05) is 19.8 Å². The summed E-state index contributed by atoms with van der Waals surface area (Å²) in [5.41, 5.74) is 5.46. The maximum Gasteiger partial charge on any atom is 0.102 e. The monoisotopic (exact) mass is 204 g/mol. The Kier molecular flexibility index (Phi) is 4.59. The molecule has 1 aliphatic carbocycles. The molecule has 0 saturated heterocycles. The summed E-state index contributed by atoms with van der Waals surface area (Å²) in [4.78, 5) is 2.55. The fourth-order valence-corrected chi connectivity index (χ4v) is 2.13. The van der Waals surface area contributed by atoms with Gasteiger partial charge >= 0.3 is 0 Å². The van der Waals surface area contributed by atoms with E-state index in [4.69, 9.17) is 18.0 Å². The van der Waals surface area contributed by atoms with E-state index in [-0.39, 0.29) is 6.67 Å². The van der Waals surface area contributed by atoms with Gasteiger partial charge in [-0.05, 0) is 12.8 Å². The lowest BCUT2D eigenvalue weighted by molar-refractivity contribution is 0.208. The van der Waals surface area contributed by atoms with E-state index in [0.717, 1.165) is 0 Å². The zero-order valence-electron chi connectivity index (χ0n) is 7.84. The van der Waals surface area contributed by atoms with Crippen LogP contribution in [0.25, 0.3) is 0 Å². The van der Waals surface area contributed by atoms with Crippen LogP contribution in [0.1, 0.15) is 25.7 Å². The molecule has 0 atom stereocenters.